The molecule has 0 aromatic carbocycles. The van der Waals surface area contributed by atoms with Crippen LogP contribution in [-0.2, 0) is 0 Å². The summed E-state index contributed by atoms with van der Waals surface area (Å²) in [6.45, 7) is 2.69. The van der Waals surface area contributed by atoms with Gasteiger partial charge in [-0.25, -0.2) is 0 Å². The molecule has 1 aromatic rings. The third-order valence-corrected chi connectivity index (χ3v) is 3.31. The molecule has 1 aromatic heterocycles. The van der Waals surface area contributed by atoms with Gasteiger partial charge in [-0.05, 0) is 6.42 Å². The van der Waals surface area contributed by atoms with Crippen LogP contribution in [0.3, 0.4) is 0 Å². The summed E-state index contributed by atoms with van der Waals surface area (Å²) >= 11 is 0. The smallest absolute Gasteiger partial charge is 0.292 e. The first-order valence-corrected chi connectivity index (χ1v) is 5.28. The highest BCUT2D eigenvalue weighted by molar-refractivity contribution is 5.91. The van der Waals surface area contributed by atoms with Crippen molar-refractivity contribution in [3.8, 4) is 0 Å². The molecule has 80 valence electrons. The van der Waals surface area contributed by atoms with E-state index in [1.165, 1.54) is 6.20 Å². The van der Waals surface area contributed by atoms with Gasteiger partial charge < -0.3 is 14.7 Å². The van der Waals surface area contributed by atoms with Gasteiger partial charge in [0.15, 0.2) is 0 Å². The average Bonchev–Trinajstić information content (AvgIpc) is 2.72. The van der Waals surface area contributed by atoms with Crippen LogP contribution in [-0.4, -0.2) is 41.6 Å². The van der Waals surface area contributed by atoms with Crippen molar-refractivity contribution in [1.29, 1.82) is 0 Å². The fourth-order valence-corrected chi connectivity index (χ4v) is 2.32. The molecule has 2 atom stereocenters. The molecule has 0 bridgehead atoms. The van der Waals surface area contributed by atoms with E-state index in [0.717, 1.165) is 26.1 Å². The molecule has 2 aliphatic heterocycles. The number of amides is 1. The summed E-state index contributed by atoms with van der Waals surface area (Å²) in [5.74, 6) is 0.948. The van der Waals surface area contributed by atoms with Crippen molar-refractivity contribution in [2.24, 2.45) is 5.92 Å². The summed E-state index contributed by atoms with van der Waals surface area (Å²) in [5.41, 5.74) is 0. The topological polar surface area (TPSA) is 58.4 Å². The van der Waals surface area contributed by atoms with Crippen LogP contribution in [0.5, 0.6) is 0 Å². The van der Waals surface area contributed by atoms with Gasteiger partial charge >= 0.3 is 0 Å². The van der Waals surface area contributed by atoms with Crippen molar-refractivity contribution >= 4 is 5.91 Å². The summed E-state index contributed by atoms with van der Waals surface area (Å²) in [6, 6.07) is 2.25. The quantitative estimate of drug-likeness (QED) is 0.710. The Hall–Kier alpha value is -1.36. The maximum atomic E-state index is 11.9. The van der Waals surface area contributed by atoms with E-state index in [0.29, 0.717) is 17.7 Å². The Bertz CT molecular complexity index is 363. The van der Waals surface area contributed by atoms with Crippen molar-refractivity contribution in [3.05, 3.63) is 18.0 Å². The largest absolute Gasteiger partial charge is 0.351 e. The van der Waals surface area contributed by atoms with E-state index in [1.807, 2.05) is 4.90 Å². The van der Waals surface area contributed by atoms with Crippen molar-refractivity contribution in [2.75, 3.05) is 19.6 Å². The molecule has 1 amide bonds. The van der Waals surface area contributed by atoms with E-state index in [1.54, 1.807) is 6.07 Å². The maximum Gasteiger partial charge on any atom is 0.292 e. The molecule has 0 saturated carbocycles. The van der Waals surface area contributed by atoms with Gasteiger partial charge in [-0.1, -0.05) is 5.16 Å². The van der Waals surface area contributed by atoms with Crippen LogP contribution in [0, 0.1) is 5.92 Å². The van der Waals surface area contributed by atoms with Crippen molar-refractivity contribution in [2.45, 2.75) is 12.5 Å². The van der Waals surface area contributed by atoms with Crippen LogP contribution in [0.4, 0.5) is 0 Å². The second-order valence-electron chi connectivity index (χ2n) is 4.19. The van der Waals surface area contributed by atoms with Crippen LogP contribution in [0.15, 0.2) is 16.8 Å². The molecule has 5 nitrogen and oxygen atoms in total. The lowest BCUT2D eigenvalue weighted by Crippen LogP contribution is -2.62. The fourth-order valence-electron chi connectivity index (χ4n) is 2.32. The number of piperidine rings is 1. The zero-order valence-electron chi connectivity index (χ0n) is 8.35. The van der Waals surface area contributed by atoms with Crippen molar-refractivity contribution in [1.82, 2.24) is 15.4 Å². The van der Waals surface area contributed by atoms with Crippen LogP contribution in [0.2, 0.25) is 0 Å². The van der Waals surface area contributed by atoms with E-state index in [4.69, 9.17) is 4.52 Å². The van der Waals surface area contributed by atoms with Crippen LogP contribution < -0.4 is 5.32 Å². The Labute approximate surface area is 87.4 Å². The molecule has 5 heteroatoms. The Morgan fingerprint density at radius 1 is 1.67 bits per heavy atom. The van der Waals surface area contributed by atoms with Gasteiger partial charge in [0.1, 0.15) is 0 Å². The lowest BCUT2D eigenvalue weighted by atomic mass is 9.85. The minimum atomic E-state index is -0.0298. The number of likely N-dealkylation sites (tertiary alicyclic amines) is 1. The van der Waals surface area contributed by atoms with Gasteiger partial charge in [0.05, 0.1) is 6.20 Å². The normalized spacial score (nSPS) is 29.5. The standard InChI is InChI=1S/C10H13N3O2/c14-10(9-1-3-12-15-9)13-4-2-8-7(6-13)5-11-8/h1,3,7-8,11H,2,4-6H2. The minimum absolute atomic E-state index is 0.0298. The first-order chi connectivity index (χ1) is 7.34. The second-order valence-corrected chi connectivity index (χ2v) is 4.19. The van der Waals surface area contributed by atoms with Gasteiger partial charge in [0, 0.05) is 37.7 Å². The molecule has 3 rings (SSSR count). The number of carbonyl (C=O) groups is 1. The predicted octanol–water partition coefficient (Wildman–Crippen LogP) is 0.108. The third kappa shape index (κ3) is 1.43. The van der Waals surface area contributed by atoms with E-state index in [9.17, 15) is 4.79 Å². The number of nitrogens with one attached hydrogen (secondary N) is 1. The van der Waals surface area contributed by atoms with Gasteiger partial charge in [-0.3, -0.25) is 4.79 Å². The summed E-state index contributed by atoms with van der Waals surface area (Å²) < 4.78 is 4.87. The lowest BCUT2D eigenvalue weighted by molar-refractivity contribution is 0.0473. The van der Waals surface area contributed by atoms with Crippen molar-refractivity contribution < 1.29 is 9.32 Å². The molecule has 2 unspecified atom stereocenters. The minimum Gasteiger partial charge on any atom is -0.351 e. The number of carbonyl (C=O) groups excluding carboxylic acids is 1. The van der Waals surface area contributed by atoms with E-state index >= 15 is 0 Å². The Balaban J connectivity index is 1.70. The Morgan fingerprint density at radius 3 is 3.20 bits per heavy atom. The highest BCUT2D eigenvalue weighted by Gasteiger charge is 2.37. The SMILES string of the molecule is O=C(c1ccno1)N1CCC2NCC2C1. The first-order valence-electron chi connectivity index (χ1n) is 5.28. The maximum absolute atomic E-state index is 11.9. The number of rotatable bonds is 1. The van der Waals surface area contributed by atoms with Gasteiger partial charge in [-0.2, -0.15) is 0 Å². The Morgan fingerprint density at radius 2 is 2.60 bits per heavy atom. The highest BCUT2D eigenvalue weighted by Crippen LogP contribution is 2.24. The van der Waals surface area contributed by atoms with Crippen LogP contribution >= 0.6 is 0 Å². The molecule has 0 aliphatic carbocycles. The summed E-state index contributed by atoms with van der Waals surface area (Å²) in [7, 11) is 0. The summed E-state index contributed by atoms with van der Waals surface area (Å²) in [4.78, 5) is 13.8. The zero-order valence-corrected chi connectivity index (χ0v) is 8.35. The predicted molar refractivity (Wildman–Crippen MR) is 52.3 cm³/mol. The van der Waals surface area contributed by atoms with E-state index < -0.39 is 0 Å². The molecule has 3 heterocycles. The molecule has 15 heavy (non-hydrogen) atoms. The first kappa shape index (κ1) is 8.91. The lowest BCUT2D eigenvalue weighted by Gasteiger charge is -2.45. The molecule has 0 spiro atoms. The zero-order chi connectivity index (χ0) is 10.3. The summed E-state index contributed by atoms with van der Waals surface area (Å²) in [6.07, 6.45) is 2.55. The Kier molecular flexibility index (Phi) is 1.98. The highest BCUT2D eigenvalue weighted by atomic mass is 16.5. The van der Waals surface area contributed by atoms with Gasteiger partial charge in [-0.15, -0.1) is 0 Å². The molecule has 2 saturated heterocycles. The molecule has 2 aliphatic rings. The van der Waals surface area contributed by atoms with Crippen LogP contribution in [0.25, 0.3) is 0 Å². The average molecular weight is 207 g/mol. The molecule has 2 fully saturated rings. The van der Waals surface area contributed by atoms with Crippen molar-refractivity contribution in [3.63, 3.8) is 0 Å². The molecule has 1 N–H and O–H groups in total. The molecule has 0 radical (unpaired) electrons. The van der Waals surface area contributed by atoms with Crippen LogP contribution in [0.1, 0.15) is 17.0 Å². The van der Waals surface area contributed by atoms with Gasteiger partial charge in [0.25, 0.3) is 5.91 Å². The monoisotopic (exact) mass is 207 g/mol. The van der Waals surface area contributed by atoms with E-state index in [-0.39, 0.29) is 5.91 Å². The fraction of sp³-hybridized carbons (Fsp3) is 0.600. The summed E-state index contributed by atoms with van der Waals surface area (Å²) in [5, 5.41) is 6.92. The van der Waals surface area contributed by atoms with Gasteiger partial charge in [0.2, 0.25) is 5.76 Å². The molecular formula is C10H13N3O2. The number of aromatic nitrogens is 1. The third-order valence-electron chi connectivity index (χ3n) is 3.31. The number of hydrogen-bond donors (Lipinski definition) is 1. The second kappa shape index (κ2) is 3.34. The molecular weight excluding hydrogens is 194 g/mol. The van der Waals surface area contributed by atoms with E-state index in [2.05, 4.69) is 10.5 Å². The number of hydrogen-bond acceptors (Lipinski definition) is 4. The number of fused-ring (bicyclic) bond motifs is 1. The number of nitrogens with zero attached hydrogens (tertiary/aromatic N) is 2.